The number of hydrogen-bond acceptors (Lipinski definition) is 2. The lowest BCUT2D eigenvalue weighted by atomic mass is 10.1. The van der Waals surface area contributed by atoms with Crippen LogP contribution in [0.1, 0.15) is 24.8 Å². The van der Waals surface area contributed by atoms with E-state index in [9.17, 15) is 9.18 Å². The third-order valence-corrected chi connectivity index (χ3v) is 4.12. The van der Waals surface area contributed by atoms with E-state index in [2.05, 4.69) is 5.32 Å². The molecule has 2 unspecified atom stereocenters. The summed E-state index contributed by atoms with van der Waals surface area (Å²) < 4.78 is 12.8. The molecule has 2 heterocycles. The van der Waals surface area contributed by atoms with E-state index >= 15 is 0 Å². The minimum Gasteiger partial charge on any atom is -0.338 e. The Kier molecular flexibility index (Phi) is 3.83. The van der Waals surface area contributed by atoms with Crippen molar-refractivity contribution >= 4 is 12.0 Å². The number of nitrogens with zero attached hydrogens (tertiary/aromatic N) is 1. The summed E-state index contributed by atoms with van der Waals surface area (Å²) >= 11 is 0. The lowest BCUT2D eigenvalue weighted by Gasteiger charge is -2.22. The first-order valence-electron chi connectivity index (χ1n) is 7.19. The van der Waals surface area contributed by atoms with Crippen molar-refractivity contribution < 1.29 is 9.18 Å². The van der Waals surface area contributed by atoms with Gasteiger partial charge in [-0.3, -0.25) is 4.79 Å². The predicted octanol–water partition coefficient (Wildman–Crippen LogP) is 2.19. The summed E-state index contributed by atoms with van der Waals surface area (Å²) in [4.78, 5) is 14.1. The number of fused-ring (bicyclic) bond motifs is 2. The number of rotatable bonds is 2. The van der Waals surface area contributed by atoms with Crippen LogP contribution in [0.5, 0.6) is 0 Å². The molecule has 2 saturated heterocycles. The van der Waals surface area contributed by atoms with Crippen molar-refractivity contribution in [3.05, 3.63) is 41.7 Å². The molecule has 2 bridgehead atoms. The van der Waals surface area contributed by atoms with Crippen molar-refractivity contribution in [3.63, 3.8) is 0 Å². The minimum absolute atomic E-state index is 0.0451. The molecule has 3 rings (SSSR count). The smallest absolute Gasteiger partial charge is 0.246 e. The van der Waals surface area contributed by atoms with Gasteiger partial charge in [0.25, 0.3) is 0 Å². The highest BCUT2D eigenvalue weighted by Gasteiger charge is 2.30. The lowest BCUT2D eigenvalue weighted by molar-refractivity contribution is -0.126. The van der Waals surface area contributed by atoms with Crippen LogP contribution in [0.2, 0.25) is 0 Å². The Morgan fingerprint density at radius 1 is 1.20 bits per heavy atom. The maximum Gasteiger partial charge on any atom is 0.246 e. The summed E-state index contributed by atoms with van der Waals surface area (Å²) in [5.74, 6) is -0.216. The van der Waals surface area contributed by atoms with Crippen LogP contribution in [0.4, 0.5) is 4.39 Å². The second kappa shape index (κ2) is 5.75. The van der Waals surface area contributed by atoms with Crippen LogP contribution < -0.4 is 5.32 Å². The maximum absolute atomic E-state index is 12.8. The number of hydrogen-bond donors (Lipinski definition) is 1. The molecule has 1 aromatic carbocycles. The van der Waals surface area contributed by atoms with Crippen LogP contribution in [0.15, 0.2) is 30.3 Å². The van der Waals surface area contributed by atoms with Crippen LogP contribution >= 0.6 is 0 Å². The van der Waals surface area contributed by atoms with E-state index in [-0.39, 0.29) is 11.7 Å². The molecule has 20 heavy (non-hydrogen) atoms. The third-order valence-electron chi connectivity index (χ3n) is 4.12. The van der Waals surface area contributed by atoms with Crippen LogP contribution in [-0.2, 0) is 4.79 Å². The molecule has 2 atom stereocenters. The van der Waals surface area contributed by atoms with Gasteiger partial charge in [0.2, 0.25) is 5.91 Å². The highest BCUT2D eigenvalue weighted by molar-refractivity contribution is 5.91. The highest BCUT2D eigenvalue weighted by atomic mass is 19.1. The molecule has 2 aliphatic rings. The summed E-state index contributed by atoms with van der Waals surface area (Å²) in [5.41, 5.74) is 0.842. The molecule has 2 fully saturated rings. The van der Waals surface area contributed by atoms with Crippen molar-refractivity contribution in [1.29, 1.82) is 0 Å². The fourth-order valence-corrected chi connectivity index (χ4v) is 2.99. The van der Waals surface area contributed by atoms with Gasteiger partial charge in [0, 0.05) is 31.2 Å². The largest absolute Gasteiger partial charge is 0.338 e. The summed E-state index contributed by atoms with van der Waals surface area (Å²) in [6.07, 6.45) is 6.77. The second-order valence-corrected chi connectivity index (χ2v) is 5.60. The molecule has 1 N–H and O–H groups in total. The monoisotopic (exact) mass is 274 g/mol. The number of halogens is 1. The lowest BCUT2D eigenvalue weighted by Crippen LogP contribution is -2.38. The van der Waals surface area contributed by atoms with Crippen LogP contribution in [0, 0.1) is 5.82 Å². The number of carbonyl (C=O) groups is 1. The number of benzene rings is 1. The first-order valence-corrected chi connectivity index (χ1v) is 7.19. The van der Waals surface area contributed by atoms with Gasteiger partial charge >= 0.3 is 0 Å². The molecule has 1 aromatic rings. The van der Waals surface area contributed by atoms with E-state index in [1.165, 1.54) is 18.6 Å². The van der Waals surface area contributed by atoms with Gasteiger partial charge in [0.05, 0.1) is 0 Å². The Morgan fingerprint density at radius 2 is 1.95 bits per heavy atom. The Labute approximate surface area is 118 Å². The Bertz CT molecular complexity index is 512. The zero-order chi connectivity index (χ0) is 13.9. The topological polar surface area (TPSA) is 32.3 Å². The van der Waals surface area contributed by atoms with Gasteiger partial charge in [-0.2, -0.15) is 0 Å². The van der Waals surface area contributed by atoms with E-state index in [1.807, 2.05) is 4.90 Å². The van der Waals surface area contributed by atoms with Gasteiger partial charge in [0.15, 0.2) is 0 Å². The fraction of sp³-hybridized carbons (Fsp3) is 0.438. The van der Waals surface area contributed by atoms with Crippen molar-refractivity contribution in [3.8, 4) is 0 Å². The van der Waals surface area contributed by atoms with E-state index in [0.29, 0.717) is 12.1 Å². The molecule has 0 radical (unpaired) electrons. The minimum atomic E-state index is -0.261. The number of amides is 1. The van der Waals surface area contributed by atoms with Crippen LogP contribution in [0.25, 0.3) is 6.08 Å². The molecule has 0 aliphatic carbocycles. The molecule has 0 aromatic heterocycles. The number of carbonyl (C=O) groups excluding carboxylic acids is 1. The van der Waals surface area contributed by atoms with Gasteiger partial charge in [-0.05, 0) is 43.0 Å². The summed E-state index contributed by atoms with van der Waals surface area (Å²) in [7, 11) is 0. The van der Waals surface area contributed by atoms with Gasteiger partial charge in [-0.1, -0.05) is 12.1 Å². The van der Waals surface area contributed by atoms with Crippen molar-refractivity contribution in [2.75, 3.05) is 13.1 Å². The van der Waals surface area contributed by atoms with Crippen molar-refractivity contribution in [2.45, 2.75) is 31.3 Å². The first-order chi connectivity index (χ1) is 9.70. The zero-order valence-corrected chi connectivity index (χ0v) is 11.4. The first kappa shape index (κ1) is 13.3. The van der Waals surface area contributed by atoms with Gasteiger partial charge < -0.3 is 10.2 Å². The number of likely N-dealkylation sites (tertiary alicyclic amines) is 1. The van der Waals surface area contributed by atoms with Gasteiger partial charge in [0.1, 0.15) is 5.82 Å². The molecule has 0 saturated carbocycles. The molecular weight excluding hydrogens is 255 g/mol. The van der Waals surface area contributed by atoms with Crippen LogP contribution in [-0.4, -0.2) is 36.0 Å². The molecular formula is C16H19FN2O. The zero-order valence-electron chi connectivity index (χ0n) is 11.4. The summed E-state index contributed by atoms with van der Waals surface area (Å²) in [6.45, 7) is 1.61. The molecule has 0 spiro atoms. The van der Waals surface area contributed by atoms with E-state index < -0.39 is 0 Å². The summed E-state index contributed by atoms with van der Waals surface area (Å²) in [5, 5.41) is 3.56. The van der Waals surface area contributed by atoms with Crippen LogP contribution in [0.3, 0.4) is 0 Å². The standard InChI is InChI=1S/C16H19FN2O/c17-13-4-1-12(2-5-13)3-8-16(20)19-10-9-14-6-7-15(11-19)18-14/h1-5,8,14-15,18H,6-7,9-11H2/b8-3+. The Balaban J connectivity index is 1.62. The second-order valence-electron chi connectivity index (χ2n) is 5.60. The normalized spacial score (nSPS) is 25.9. The molecule has 3 nitrogen and oxygen atoms in total. The SMILES string of the molecule is O=C(/C=C/c1ccc(F)cc1)N1CCC2CCC(C1)N2. The van der Waals surface area contributed by atoms with E-state index in [1.54, 1.807) is 24.3 Å². The molecule has 106 valence electrons. The Morgan fingerprint density at radius 3 is 2.75 bits per heavy atom. The van der Waals surface area contributed by atoms with Crippen molar-refractivity contribution in [2.24, 2.45) is 0 Å². The molecule has 1 amide bonds. The van der Waals surface area contributed by atoms with Gasteiger partial charge in [-0.15, -0.1) is 0 Å². The quantitative estimate of drug-likeness (QED) is 0.838. The average molecular weight is 274 g/mol. The average Bonchev–Trinajstić information content (AvgIpc) is 2.77. The predicted molar refractivity (Wildman–Crippen MR) is 76.6 cm³/mol. The highest BCUT2D eigenvalue weighted by Crippen LogP contribution is 2.20. The molecule has 2 aliphatic heterocycles. The third kappa shape index (κ3) is 3.07. The number of nitrogens with one attached hydrogen (secondary N) is 1. The Hall–Kier alpha value is -1.68. The van der Waals surface area contributed by atoms with Gasteiger partial charge in [-0.25, -0.2) is 4.39 Å². The maximum atomic E-state index is 12.8. The molecule has 4 heteroatoms. The van der Waals surface area contributed by atoms with E-state index in [0.717, 1.165) is 31.5 Å². The summed E-state index contributed by atoms with van der Waals surface area (Å²) in [6, 6.07) is 7.18. The van der Waals surface area contributed by atoms with E-state index in [4.69, 9.17) is 0 Å². The fourth-order valence-electron chi connectivity index (χ4n) is 2.99. The van der Waals surface area contributed by atoms with Crippen molar-refractivity contribution in [1.82, 2.24) is 10.2 Å².